The minimum absolute atomic E-state index is 0.101. The highest BCUT2D eigenvalue weighted by Crippen LogP contribution is 2.25. The Kier molecular flexibility index (Phi) is 8.31. The summed E-state index contributed by atoms with van der Waals surface area (Å²) in [4.78, 5) is 25.2. The highest BCUT2D eigenvalue weighted by molar-refractivity contribution is 9.10. The van der Waals surface area contributed by atoms with E-state index in [4.69, 9.17) is 0 Å². The number of nitrogens with zero attached hydrogens (tertiary/aromatic N) is 3. The highest BCUT2D eigenvalue weighted by Gasteiger charge is 2.25. The van der Waals surface area contributed by atoms with Crippen molar-refractivity contribution in [2.75, 3.05) is 11.1 Å². The summed E-state index contributed by atoms with van der Waals surface area (Å²) in [6.45, 7) is 8.00. The Balaban J connectivity index is 1.65. The van der Waals surface area contributed by atoms with Crippen molar-refractivity contribution < 1.29 is 9.59 Å². The zero-order valence-corrected chi connectivity index (χ0v) is 21.8. The van der Waals surface area contributed by atoms with E-state index in [0.29, 0.717) is 16.5 Å². The molecule has 1 atom stereocenters. The maximum absolute atomic E-state index is 12.8. The molecule has 3 aromatic rings. The predicted octanol–water partition coefficient (Wildman–Crippen LogP) is 5.05. The Labute approximate surface area is 206 Å². The van der Waals surface area contributed by atoms with E-state index >= 15 is 0 Å². The van der Waals surface area contributed by atoms with Gasteiger partial charge in [0.1, 0.15) is 0 Å². The zero-order chi connectivity index (χ0) is 24.1. The Morgan fingerprint density at radius 3 is 2.42 bits per heavy atom. The van der Waals surface area contributed by atoms with Gasteiger partial charge in [-0.3, -0.25) is 9.59 Å². The fourth-order valence-corrected chi connectivity index (χ4v) is 4.20. The molecular weight excluding hydrogens is 502 g/mol. The summed E-state index contributed by atoms with van der Waals surface area (Å²) in [5.41, 5.74) is 3.49. The van der Waals surface area contributed by atoms with Gasteiger partial charge in [0.15, 0.2) is 11.0 Å². The maximum atomic E-state index is 12.8. The number of hydrogen-bond acceptors (Lipinski definition) is 5. The second-order valence-electron chi connectivity index (χ2n) is 8.26. The number of carbonyl (C=O) groups is 2. The van der Waals surface area contributed by atoms with Gasteiger partial charge in [0.25, 0.3) is 5.91 Å². The summed E-state index contributed by atoms with van der Waals surface area (Å²) >= 11 is 4.76. The van der Waals surface area contributed by atoms with Gasteiger partial charge in [-0.2, -0.15) is 0 Å². The minimum Gasteiger partial charge on any atom is -0.342 e. The first-order valence-electron chi connectivity index (χ1n) is 10.6. The smallest absolute Gasteiger partial charge is 0.251 e. The molecule has 7 nitrogen and oxygen atoms in total. The normalized spacial score (nSPS) is 12.0. The topological polar surface area (TPSA) is 88.9 Å². The molecule has 0 bridgehead atoms. The van der Waals surface area contributed by atoms with E-state index in [1.807, 2.05) is 81.8 Å². The van der Waals surface area contributed by atoms with Crippen LogP contribution in [0.5, 0.6) is 0 Å². The van der Waals surface area contributed by atoms with Gasteiger partial charge in [-0.15, -0.1) is 10.2 Å². The van der Waals surface area contributed by atoms with Crippen LogP contribution in [0.3, 0.4) is 0 Å². The molecule has 0 spiro atoms. The number of hydrogen-bond donors (Lipinski definition) is 2. The van der Waals surface area contributed by atoms with Gasteiger partial charge in [-0.1, -0.05) is 59.2 Å². The molecule has 2 N–H and O–H groups in total. The molecule has 0 unspecified atom stereocenters. The standard InChI is InChI=1S/C24H28BrN5O2S/c1-14(2)21(27-23(32)17-8-6-15(3)7-9-17)22-28-29-24(30(22)5)33-13-20(31)26-18-10-11-19(25)16(4)12-18/h6-12,14,21H,13H2,1-5H3,(H,26,31)(H,27,32)/t21-/m0/s1. The van der Waals surface area contributed by atoms with Crippen LogP contribution in [0.1, 0.15) is 47.2 Å². The predicted molar refractivity (Wildman–Crippen MR) is 135 cm³/mol. The van der Waals surface area contributed by atoms with E-state index in [2.05, 4.69) is 36.8 Å². The Morgan fingerprint density at radius 1 is 1.09 bits per heavy atom. The quantitative estimate of drug-likeness (QED) is 0.398. The van der Waals surface area contributed by atoms with Gasteiger partial charge in [-0.05, 0) is 55.7 Å². The first-order chi connectivity index (χ1) is 15.7. The average molecular weight is 530 g/mol. The number of aromatic nitrogens is 3. The van der Waals surface area contributed by atoms with Crippen LogP contribution in [0.15, 0.2) is 52.1 Å². The number of benzene rings is 2. The number of halogens is 1. The molecule has 1 heterocycles. The van der Waals surface area contributed by atoms with Crippen LogP contribution in [0.2, 0.25) is 0 Å². The zero-order valence-electron chi connectivity index (χ0n) is 19.3. The first-order valence-corrected chi connectivity index (χ1v) is 12.4. The molecule has 9 heteroatoms. The molecule has 174 valence electrons. The third-order valence-corrected chi connectivity index (χ3v) is 7.10. The van der Waals surface area contributed by atoms with E-state index in [0.717, 1.165) is 21.3 Å². The fourth-order valence-electron chi connectivity index (χ4n) is 3.23. The van der Waals surface area contributed by atoms with Gasteiger partial charge in [0, 0.05) is 22.8 Å². The largest absolute Gasteiger partial charge is 0.342 e. The lowest BCUT2D eigenvalue weighted by Crippen LogP contribution is -2.33. The molecule has 0 saturated heterocycles. The molecule has 0 saturated carbocycles. The lowest BCUT2D eigenvalue weighted by molar-refractivity contribution is -0.113. The van der Waals surface area contributed by atoms with E-state index < -0.39 is 0 Å². The summed E-state index contributed by atoms with van der Waals surface area (Å²) in [6, 6.07) is 12.8. The van der Waals surface area contributed by atoms with Crippen molar-refractivity contribution in [3.63, 3.8) is 0 Å². The lowest BCUT2D eigenvalue weighted by atomic mass is 10.0. The number of anilines is 1. The van der Waals surface area contributed by atoms with Crippen LogP contribution >= 0.6 is 27.7 Å². The number of rotatable bonds is 8. The molecule has 2 aromatic carbocycles. The second kappa shape index (κ2) is 11.0. The molecule has 0 aliphatic heterocycles. The van der Waals surface area contributed by atoms with Crippen molar-refractivity contribution in [2.24, 2.45) is 13.0 Å². The van der Waals surface area contributed by atoms with Crippen LogP contribution in [0.25, 0.3) is 0 Å². The van der Waals surface area contributed by atoms with Gasteiger partial charge < -0.3 is 15.2 Å². The molecule has 0 aliphatic carbocycles. The number of nitrogens with one attached hydrogen (secondary N) is 2. The fraction of sp³-hybridized carbons (Fsp3) is 0.333. The Morgan fingerprint density at radius 2 is 1.79 bits per heavy atom. The summed E-state index contributed by atoms with van der Waals surface area (Å²) in [5.74, 6) is 0.666. The van der Waals surface area contributed by atoms with Crippen molar-refractivity contribution in [2.45, 2.75) is 38.9 Å². The van der Waals surface area contributed by atoms with E-state index in [-0.39, 0.29) is 29.5 Å². The monoisotopic (exact) mass is 529 g/mol. The third-order valence-electron chi connectivity index (χ3n) is 5.19. The molecule has 2 amide bonds. The van der Waals surface area contributed by atoms with Crippen LogP contribution in [-0.2, 0) is 11.8 Å². The summed E-state index contributed by atoms with van der Waals surface area (Å²) in [6.07, 6.45) is 0. The number of aryl methyl sites for hydroxylation is 2. The van der Waals surface area contributed by atoms with Gasteiger partial charge >= 0.3 is 0 Å². The first kappa shape index (κ1) is 25.0. The molecule has 0 fully saturated rings. The molecule has 3 rings (SSSR count). The van der Waals surface area contributed by atoms with Gasteiger partial charge in [-0.25, -0.2) is 0 Å². The number of carbonyl (C=O) groups excluding carboxylic acids is 2. The van der Waals surface area contributed by atoms with Crippen molar-refractivity contribution in [1.82, 2.24) is 20.1 Å². The molecule has 0 aliphatic rings. The molecular formula is C24H28BrN5O2S. The van der Waals surface area contributed by atoms with E-state index in [1.165, 1.54) is 11.8 Å². The van der Waals surface area contributed by atoms with Gasteiger partial charge in [0.05, 0.1) is 11.8 Å². The maximum Gasteiger partial charge on any atom is 0.251 e. The van der Waals surface area contributed by atoms with E-state index in [9.17, 15) is 9.59 Å². The minimum atomic E-state index is -0.315. The Hall–Kier alpha value is -2.65. The number of thioether (sulfide) groups is 1. The highest BCUT2D eigenvalue weighted by atomic mass is 79.9. The SMILES string of the molecule is Cc1ccc(C(=O)N[C@H](c2nnc(SCC(=O)Nc3ccc(Br)c(C)c3)n2C)C(C)C)cc1. The van der Waals surface area contributed by atoms with Crippen LogP contribution < -0.4 is 10.6 Å². The molecule has 0 radical (unpaired) electrons. The summed E-state index contributed by atoms with van der Waals surface area (Å²) in [5, 5.41) is 15.2. The average Bonchev–Trinajstić information content (AvgIpc) is 3.13. The van der Waals surface area contributed by atoms with E-state index in [1.54, 1.807) is 0 Å². The summed E-state index contributed by atoms with van der Waals surface area (Å²) in [7, 11) is 1.85. The molecule has 1 aromatic heterocycles. The van der Waals surface area contributed by atoms with Crippen molar-refractivity contribution >= 4 is 45.2 Å². The Bertz CT molecular complexity index is 1140. The second-order valence-corrected chi connectivity index (χ2v) is 10.1. The summed E-state index contributed by atoms with van der Waals surface area (Å²) < 4.78 is 2.83. The van der Waals surface area contributed by atoms with Crippen LogP contribution in [-0.4, -0.2) is 32.3 Å². The van der Waals surface area contributed by atoms with Crippen LogP contribution in [0, 0.1) is 19.8 Å². The number of amides is 2. The van der Waals surface area contributed by atoms with Gasteiger partial charge in [0.2, 0.25) is 5.91 Å². The lowest BCUT2D eigenvalue weighted by Gasteiger charge is -2.21. The van der Waals surface area contributed by atoms with Crippen molar-refractivity contribution in [3.8, 4) is 0 Å². The van der Waals surface area contributed by atoms with Crippen molar-refractivity contribution in [3.05, 3.63) is 69.5 Å². The van der Waals surface area contributed by atoms with Crippen LogP contribution in [0.4, 0.5) is 5.69 Å². The molecule has 33 heavy (non-hydrogen) atoms. The third kappa shape index (κ3) is 6.45. The van der Waals surface area contributed by atoms with Crippen molar-refractivity contribution in [1.29, 1.82) is 0 Å².